The molecule has 2 aromatic heterocycles. The average molecular weight is 410 g/mol. The van der Waals surface area contributed by atoms with Crippen molar-refractivity contribution in [3.8, 4) is 10.6 Å². The number of halogens is 1. The van der Waals surface area contributed by atoms with Gasteiger partial charge in [-0.2, -0.15) is 5.10 Å². The molecule has 0 saturated heterocycles. The average Bonchev–Trinajstić information content (AvgIpc) is 3.26. The Bertz CT molecular complexity index is 1170. The quantitative estimate of drug-likeness (QED) is 0.503. The van der Waals surface area contributed by atoms with Crippen LogP contribution in [0.2, 0.25) is 0 Å². The Hall–Kier alpha value is -2.87. The van der Waals surface area contributed by atoms with Crippen molar-refractivity contribution in [1.82, 2.24) is 9.78 Å². The number of hydrogen-bond donors (Lipinski definition) is 1. The molecule has 0 saturated carbocycles. The molecule has 0 fully saturated rings. The number of aliphatic hydroxyl groups is 1. The number of thiophene rings is 1. The summed E-state index contributed by atoms with van der Waals surface area (Å²) in [5.41, 5.74) is 0.851. The Morgan fingerprint density at radius 1 is 1.07 bits per heavy atom. The van der Waals surface area contributed by atoms with Crippen LogP contribution < -0.4 is 5.56 Å². The number of ether oxygens (including phenoxy) is 1. The smallest absolute Gasteiger partial charge is 0.274 e. The first kappa shape index (κ1) is 19.4. The van der Waals surface area contributed by atoms with Crippen molar-refractivity contribution in [2.24, 2.45) is 0 Å². The molecule has 1 N–H and O–H groups in total. The van der Waals surface area contributed by atoms with E-state index in [-0.39, 0.29) is 31.1 Å². The van der Waals surface area contributed by atoms with Crippen LogP contribution in [0.4, 0.5) is 4.39 Å². The van der Waals surface area contributed by atoms with E-state index >= 15 is 0 Å². The lowest BCUT2D eigenvalue weighted by molar-refractivity contribution is 0.0173. The minimum Gasteiger partial charge on any atom is -0.389 e. The summed E-state index contributed by atoms with van der Waals surface area (Å²) in [4.78, 5) is 13.8. The molecule has 1 atom stereocenters. The summed E-state index contributed by atoms with van der Waals surface area (Å²) in [6.07, 6.45) is -0.954. The third-order valence-electron chi connectivity index (χ3n) is 4.53. The van der Waals surface area contributed by atoms with E-state index in [0.29, 0.717) is 16.6 Å². The summed E-state index contributed by atoms with van der Waals surface area (Å²) >= 11 is 1.54. The van der Waals surface area contributed by atoms with Crippen molar-refractivity contribution >= 4 is 22.1 Å². The lowest BCUT2D eigenvalue weighted by Crippen LogP contribution is -2.31. The molecule has 5 nitrogen and oxygen atoms in total. The molecule has 0 aliphatic rings. The molecule has 1 unspecified atom stereocenters. The van der Waals surface area contributed by atoms with Crippen LogP contribution >= 0.6 is 11.3 Å². The van der Waals surface area contributed by atoms with Gasteiger partial charge in [-0.1, -0.05) is 42.5 Å². The van der Waals surface area contributed by atoms with Gasteiger partial charge in [-0.05, 0) is 23.6 Å². The molecule has 4 aromatic rings. The highest BCUT2D eigenvalue weighted by molar-refractivity contribution is 7.13. The Morgan fingerprint density at radius 3 is 2.59 bits per heavy atom. The van der Waals surface area contributed by atoms with E-state index in [1.807, 2.05) is 29.6 Å². The highest BCUT2D eigenvalue weighted by Crippen LogP contribution is 2.28. The van der Waals surface area contributed by atoms with Crippen molar-refractivity contribution in [1.29, 1.82) is 0 Å². The Labute approximate surface area is 170 Å². The molecule has 0 spiro atoms. The fourth-order valence-electron chi connectivity index (χ4n) is 3.13. The van der Waals surface area contributed by atoms with E-state index in [0.717, 1.165) is 10.3 Å². The zero-order valence-corrected chi connectivity index (χ0v) is 16.3. The first-order chi connectivity index (χ1) is 14.1. The first-order valence-electron chi connectivity index (χ1n) is 9.16. The molecule has 4 rings (SSSR count). The lowest BCUT2D eigenvalue weighted by atomic mass is 10.1. The molecule has 0 amide bonds. The van der Waals surface area contributed by atoms with Gasteiger partial charge in [0.25, 0.3) is 5.56 Å². The second-order valence-electron chi connectivity index (χ2n) is 6.62. The van der Waals surface area contributed by atoms with Crippen LogP contribution in [0.15, 0.2) is 70.8 Å². The second-order valence-corrected chi connectivity index (χ2v) is 7.57. The van der Waals surface area contributed by atoms with Crippen LogP contribution in [-0.2, 0) is 17.9 Å². The summed E-state index contributed by atoms with van der Waals surface area (Å²) in [6, 6.07) is 17.5. The summed E-state index contributed by atoms with van der Waals surface area (Å²) in [5.74, 6) is -0.352. The van der Waals surface area contributed by atoms with Gasteiger partial charge < -0.3 is 9.84 Å². The Kier molecular flexibility index (Phi) is 5.80. The maximum absolute atomic E-state index is 13.6. The zero-order valence-electron chi connectivity index (χ0n) is 15.5. The number of fused-ring (bicyclic) bond motifs is 1. The largest absolute Gasteiger partial charge is 0.389 e. The van der Waals surface area contributed by atoms with Crippen LogP contribution in [0, 0.1) is 5.82 Å². The van der Waals surface area contributed by atoms with E-state index in [4.69, 9.17) is 4.74 Å². The minimum atomic E-state index is -0.954. The predicted octanol–water partition coefficient (Wildman–Crippen LogP) is 3.84. The van der Waals surface area contributed by atoms with Crippen molar-refractivity contribution < 1.29 is 14.2 Å². The van der Waals surface area contributed by atoms with Gasteiger partial charge in [0.05, 0.1) is 36.1 Å². The molecule has 0 aliphatic heterocycles. The minimum absolute atomic E-state index is 0.0146. The van der Waals surface area contributed by atoms with Gasteiger partial charge in [-0.15, -0.1) is 11.3 Å². The summed E-state index contributed by atoms with van der Waals surface area (Å²) in [5, 5.41) is 18.1. The van der Waals surface area contributed by atoms with Crippen LogP contribution in [-0.4, -0.2) is 27.6 Å². The van der Waals surface area contributed by atoms with Crippen molar-refractivity contribution in [2.75, 3.05) is 6.61 Å². The number of nitrogens with zero attached hydrogens (tertiary/aromatic N) is 2. The van der Waals surface area contributed by atoms with Crippen LogP contribution in [0.3, 0.4) is 0 Å². The number of aliphatic hydroxyl groups excluding tert-OH is 1. The van der Waals surface area contributed by atoms with Crippen molar-refractivity contribution in [3.63, 3.8) is 0 Å². The number of aromatic nitrogens is 2. The number of benzene rings is 2. The molecule has 29 heavy (non-hydrogen) atoms. The number of hydrogen-bond acceptors (Lipinski definition) is 5. The van der Waals surface area contributed by atoms with Crippen molar-refractivity contribution in [3.05, 3.63) is 87.8 Å². The first-order valence-corrected chi connectivity index (χ1v) is 10.0. The SMILES string of the molecule is O=c1c2ccccc2c(-c2cccs2)nn1CC(O)COCc1ccccc1F. The Morgan fingerprint density at radius 2 is 1.83 bits per heavy atom. The normalized spacial score (nSPS) is 12.3. The van der Waals surface area contributed by atoms with Gasteiger partial charge in [0.1, 0.15) is 11.5 Å². The van der Waals surface area contributed by atoms with Gasteiger partial charge in [0, 0.05) is 10.9 Å². The standard InChI is InChI=1S/C22H19FN2O3S/c23-19-9-4-1-6-15(19)13-28-14-16(26)12-25-22(27)18-8-3-2-7-17(18)21(24-25)20-10-5-11-29-20/h1-11,16,26H,12-14H2. The van der Waals surface area contributed by atoms with Crippen LogP contribution in [0.1, 0.15) is 5.56 Å². The lowest BCUT2D eigenvalue weighted by Gasteiger charge is -2.15. The van der Waals surface area contributed by atoms with Gasteiger partial charge in [0.2, 0.25) is 0 Å². The molecule has 0 bridgehead atoms. The van der Waals surface area contributed by atoms with E-state index in [9.17, 15) is 14.3 Å². The van der Waals surface area contributed by atoms with E-state index in [1.54, 1.807) is 30.3 Å². The molecule has 148 valence electrons. The molecule has 2 aromatic carbocycles. The van der Waals surface area contributed by atoms with Crippen LogP contribution in [0.25, 0.3) is 21.3 Å². The fourth-order valence-corrected chi connectivity index (χ4v) is 3.85. The molecule has 0 radical (unpaired) electrons. The second kappa shape index (κ2) is 8.65. The number of rotatable bonds is 7. The molecule has 0 aliphatic carbocycles. The van der Waals surface area contributed by atoms with Gasteiger partial charge in [0.15, 0.2) is 0 Å². The maximum atomic E-state index is 13.6. The predicted molar refractivity (Wildman–Crippen MR) is 111 cm³/mol. The molecular formula is C22H19FN2O3S. The highest BCUT2D eigenvalue weighted by Gasteiger charge is 2.15. The molecule has 7 heteroatoms. The third kappa shape index (κ3) is 4.27. The monoisotopic (exact) mass is 410 g/mol. The van der Waals surface area contributed by atoms with Crippen molar-refractivity contribution in [2.45, 2.75) is 19.3 Å². The van der Waals surface area contributed by atoms with Gasteiger partial charge in [-0.25, -0.2) is 9.07 Å². The van der Waals surface area contributed by atoms with Crippen LogP contribution in [0.5, 0.6) is 0 Å². The summed E-state index contributed by atoms with van der Waals surface area (Å²) < 4.78 is 20.3. The van der Waals surface area contributed by atoms with Gasteiger partial charge in [-0.3, -0.25) is 4.79 Å². The van der Waals surface area contributed by atoms with E-state index in [2.05, 4.69) is 5.10 Å². The van der Waals surface area contributed by atoms with E-state index < -0.39 is 6.10 Å². The zero-order chi connectivity index (χ0) is 20.2. The van der Waals surface area contributed by atoms with E-state index in [1.165, 1.54) is 22.1 Å². The Balaban J connectivity index is 1.54. The summed E-state index contributed by atoms with van der Waals surface area (Å²) in [6.45, 7) is -0.00679. The maximum Gasteiger partial charge on any atom is 0.274 e. The topological polar surface area (TPSA) is 64.4 Å². The highest BCUT2D eigenvalue weighted by atomic mass is 32.1. The fraction of sp³-hybridized carbons (Fsp3) is 0.182. The molecular weight excluding hydrogens is 391 g/mol. The third-order valence-corrected chi connectivity index (χ3v) is 5.41. The van der Waals surface area contributed by atoms with Gasteiger partial charge >= 0.3 is 0 Å². The molecule has 2 heterocycles. The summed E-state index contributed by atoms with van der Waals surface area (Å²) in [7, 11) is 0.